The van der Waals surface area contributed by atoms with Gasteiger partial charge in [0.05, 0.1) is 17.9 Å². The predicted octanol–water partition coefficient (Wildman–Crippen LogP) is 6.03. The van der Waals surface area contributed by atoms with Crippen LogP contribution >= 0.6 is 0 Å². The van der Waals surface area contributed by atoms with Gasteiger partial charge in [-0.05, 0) is 42.7 Å². The number of oxime groups is 1. The fraction of sp³-hybridized carbons (Fsp3) is 0.947. The predicted molar refractivity (Wildman–Crippen MR) is 112 cm³/mol. The first-order valence-corrected chi connectivity index (χ1v) is 15.4. The van der Waals surface area contributed by atoms with Gasteiger partial charge in [-0.1, -0.05) is 53.6 Å². The highest BCUT2D eigenvalue weighted by Crippen LogP contribution is 2.42. The second kappa shape index (κ2) is 7.45. The van der Waals surface area contributed by atoms with Crippen molar-refractivity contribution in [3.8, 4) is 0 Å². The van der Waals surface area contributed by atoms with Crippen LogP contribution in [0.2, 0.25) is 36.3 Å². The summed E-state index contributed by atoms with van der Waals surface area (Å²) < 4.78 is 13.3. The third-order valence-electron chi connectivity index (χ3n) is 6.66. The second-order valence-electron chi connectivity index (χ2n) is 10.7. The van der Waals surface area contributed by atoms with Gasteiger partial charge in [-0.3, -0.25) is 0 Å². The van der Waals surface area contributed by atoms with Gasteiger partial charge in [-0.15, -0.1) is 0 Å². The molecule has 0 aliphatic heterocycles. The molecule has 1 aliphatic rings. The lowest BCUT2D eigenvalue weighted by Crippen LogP contribution is -2.52. The maximum atomic E-state index is 9.51. The molecule has 4 nitrogen and oxygen atoms in total. The summed E-state index contributed by atoms with van der Waals surface area (Å²) in [7, 11) is -3.74. The van der Waals surface area contributed by atoms with Gasteiger partial charge in [-0.25, -0.2) is 0 Å². The fourth-order valence-electron chi connectivity index (χ4n) is 2.70. The van der Waals surface area contributed by atoms with Crippen LogP contribution in [-0.4, -0.2) is 39.8 Å². The van der Waals surface area contributed by atoms with Crippen molar-refractivity contribution >= 4 is 22.3 Å². The van der Waals surface area contributed by atoms with Crippen LogP contribution in [0.1, 0.15) is 61.3 Å². The van der Waals surface area contributed by atoms with Crippen LogP contribution < -0.4 is 0 Å². The molecule has 1 saturated carbocycles. The topological polar surface area (TPSA) is 51.1 Å². The molecule has 0 heterocycles. The zero-order chi connectivity index (χ0) is 19.8. The minimum Gasteiger partial charge on any atom is -0.413 e. The molecule has 0 aromatic carbocycles. The van der Waals surface area contributed by atoms with E-state index in [4.69, 9.17) is 8.85 Å². The van der Waals surface area contributed by atoms with Crippen molar-refractivity contribution in [1.29, 1.82) is 0 Å². The third-order valence-corrected chi connectivity index (χ3v) is 15.7. The van der Waals surface area contributed by atoms with E-state index in [0.717, 1.165) is 12.1 Å². The van der Waals surface area contributed by atoms with Crippen LogP contribution in [0.15, 0.2) is 5.16 Å². The van der Waals surface area contributed by atoms with Gasteiger partial charge in [-0.2, -0.15) is 0 Å². The third kappa shape index (κ3) is 5.40. The first-order chi connectivity index (χ1) is 11.0. The lowest BCUT2D eigenvalue weighted by Gasteiger charge is -2.46. The molecule has 0 spiro atoms. The van der Waals surface area contributed by atoms with Gasteiger partial charge in [0.2, 0.25) is 0 Å². The summed E-state index contributed by atoms with van der Waals surface area (Å²) >= 11 is 0. The van der Waals surface area contributed by atoms with Gasteiger partial charge >= 0.3 is 0 Å². The van der Waals surface area contributed by atoms with E-state index in [-0.39, 0.29) is 28.2 Å². The monoisotopic (exact) mass is 387 g/mol. The quantitative estimate of drug-likeness (QED) is 0.364. The normalized spacial score (nSPS) is 28.4. The van der Waals surface area contributed by atoms with Crippen LogP contribution in [0.25, 0.3) is 0 Å². The Balaban J connectivity index is 3.00. The van der Waals surface area contributed by atoms with Crippen molar-refractivity contribution < 1.29 is 14.1 Å². The molecule has 1 aliphatic carbocycles. The summed E-state index contributed by atoms with van der Waals surface area (Å²) in [6.45, 7) is 24.8. The molecule has 3 atom stereocenters. The minimum atomic E-state index is -1.88. The Labute approximate surface area is 157 Å². The van der Waals surface area contributed by atoms with Crippen LogP contribution in [0.3, 0.4) is 0 Å². The summed E-state index contributed by atoms with van der Waals surface area (Å²) in [5.41, 5.74) is 0.818. The van der Waals surface area contributed by atoms with Gasteiger partial charge in [0.15, 0.2) is 16.6 Å². The van der Waals surface area contributed by atoms with Gasteiger partial charge < -0.3 is 14.1 Å². The molecule has 1 fully saturated rings. The van der Waals surface area contributed by atoms with Crippen molar-refractivity contribution in [3.05, 3.63) is 0 Å². The molecular formula is C19H41NO3Si2. The molecule has 1 N–H and O–H groups in total. The maximum absolute atomic E-state index is 9.51. The second-order valence-corrected chi connectivity index (χ2v) is 20.2. The highest BCUT2D eigenvalue weighted by Gasteiger charge is 2.45. The molecule has 1 unspecified atom stereocenters. The lowest BCUT2D eigenvalue weighted by atomic mass is 9.84. The molecule has 6 heteroatoms. The SMILES string of the molecule is CC1/C(=N/O)C[C@H](O[Si](C)(C)C(C)(C)C)C[C@@H]1O[Si](C)(C)C(C)(C)C. The zero-order valence-corrected chi connectivity index (χ0v) is 20.4. The first-order valence-electron chi connectivity index (χ1n) is 9.58. The Bertz CT molecular complexity index is 490. The number of hydrogen-bond acceptors (Lipinski definition) is 4. The average Bonchev–Trinajstić information content (AvgIpc) is 2.38. The number of rotatable bonds is 4. The van der Waals surface area contributed by atoms with Gasteiger partial charge in [0, 0.05) is 12.3 Å². The zero-order valence-electron chi connectivity index (χ0n) is 18.4. The van der Waals surface area contributed by atoms with E-state index in [2.05, 4.69) is 79.8 Å². The Morgan fingerprint density at radius 1 is 0.920 bits per heavy atom. The summed E-state index contributed by atoms with van der Waals surface area (Å²) in [5, 5.41) is 13.4. The van der Waals surface area contributed by atoms with Gasteiger partial charge in [0.25, 0.3) is 0 Å². The Morgan fingerprint density at radius 3 is 1.76 bits per heavy atom. The first kappa shape index (κ1) is 22.9. The van der Waals surface area contributed by atoms with Gasteiger partial charge in [0.1, 0.15) is 0 Å². The largest absolute Gasteiger partial charge is 0.413 e. The summed E-state index contributed by atoms with van der Waals surface area (Å²) in [6.07, 6.45) is 1.74. The minimum absolute atomic E-state index is 0.0651. The molecule has 0 amide bonds. The Kier molecular flexibility index (Phi) is 6.81. The summed E-state index contributed by atoms with van der Waals surface area (Å²) in [4.78, 5) is 0. The Morgan fingerprint density at radius 2 is 1.36 bits per heavy atom. The summed E-state index contributed by atoms with van der Waals surface area (Å²) in [5.74, 6) is 0.137. The van der Waals surface area contributed by atoms with E-state index in [0.29, 0.717) is 6.42 Å². The van der Waals surface area contributed by atoms with Crippen LogP contribution in [-0.2, 0) is 8.85 Å². The number of hydrogen-bond donors (Lipinski definition) is 1. The van der Waals surface area contributed by atoms with Crippen molar-refractivity contribution in [2.75, 3.05) is 0 Å². The lowest BCUT2D eigenvalue weighted by molar-refractivity contribution is 0.0618. The molecule has 1 rings (SSSR count). The van der Waals surface area contributed by atoms with Crippen LogP contribution in [0.4, 0.5) is 0 Å². The van der Waals surface area contributed by atoms with E-state index < -0.39 is 16.6 Å². The number of nitrogens with zero attached hydrogens (tertiary/aromatic N) is 1. The standard InChI is InChI=1S/C19H41NO3Si2/c1-14-16(20-21)12-15(22-24(8,9)18(2,3)4)13-17(14)23-25(10,11)19(5,6)7/h14-15,17,21H,12-13H2,1-11H3/b20-16+/t14?,15-,17-/m0/s1. The molecule has 0 radical (unpaired) electrons. The smallest absolute Gasteiger partial charge is 0.192 e. The Hall–Kier alpha value is -0.176. The van der Waals surface area contributed by atoms with E-state index in [1.165, 1.54) is 0 Å². The van der Waals surface area contributed by atoms with E-state index in [9.17, 15) is 5.21 Å². The molecule has 0 saturated heterocycles. The van der Waals surface area contributed by atoms with E-state index in [1.54, 1.807) is 0 Å². The van der Waals surface area contributed by atoms with Crippen LogP contribution in [0, 0.1) is 5.92 Å². The van der Waals surface area contributed by atoms with Crippen molar-refractivity contribution in [3.63, 3.8) is 0 Å². The molecule has 0 bridgehead atoms. The molecular weight excluding hydrogens is 346 g/mol. The average molecular weight is 388 g/mol. The highest BCUT2D eigenvalue weighted by atomic mass is 28.4. The van der Waals surface area contributed by atoms with Crippen molar-refractivity contribution in [2.24, 2.45) is 11.1 Å². The van der Waals surface area contributed by atoms with Crippen LogP contribution in [0.5, 0.6) is 0 Å². The van der Waals surface area contributed by atoms with E-state index >= 15 is 0 Å². The molecule has 148 valence electrons. The molecule has 0 aromatic heterocycles. The summed E-state index contributed by atoms with van der Waals surface area (Å²) in [6, 6.07) is 0. The maximum Gasteiger partial charge on any atom is 0.192 e. The van der Waals surface area contributed by atoms with Crippen molar-refractivity contribution in [1.82, 2.24) is 0 Å². The van der Waals surface area contributed by atoms with E-state index in [1.807, 2.05) is 0 Å². The molecule has 25 heavy (non-hydrogen) atoms. The van der Waals surface area contributed by atoms with Crippen molar-refractivity contribution in [2.45, 2.75) is 110 Å². The fourth-order valence-corrected chi connectivity index (χ4v) is 5.48. The highest BCUT2D eigenvalue weighted by molar-refractivity contribution is 6.74. The molecule has 0 aromatic rings.